The number of nitrogens with two attached hydrogens (primary N) is 1. The molecule has 6 nitrogen and oxygen atoms in total. The van der Waals surface area contributed by atoms with Crippen LogP contribution in [0.3, 0.4) is 0 Å². The Kier molecular flexibility index (Phi) is 5.99. The third-order valence-corrected chi connectivity index (χ3v) is 2.73. The first-order valence-corrected chi connectivity index (χ1v) is 6.37. The normalized spacial score (nSPS) is 11.6. The molecule has 0 aromatic heterocycles. The Morgan fingerprint density at radius 2 is 2.00 bits per heavy atom. The maximum atomic E-state index is 11.7. The van der Waals surface area contributed by atoms with Crippen molar-refractivity contribution in [2.24, 2.45) is 10.9 Å². The van der Waals surface area contributed by atoms with Gasteiger partial charge in [0.1, 0.15) is 0 Å². The first-order chi connectivity index (χ1) is 9.40. The average molecular weight is 278 g/mol. The lowest BCUT2D eigenvalue weighted by atomic mass is 10.1. The Bertz CT molecular complexity index is 486. The predicted octanol–water partition coefficient (Wildman–Crippen LogP) is 1.25. The van der Waals surface area contributed by atoms with Crippen LogP contribution < -0.4 is 5.73 Å². The summed E-state index contributed by atoms with van der Waals surface area (Å²) < 4.78 is 0. The molecule has 1 aromatic carbocycles. The van der Waals surface area contributed by atoms with E-state index >= 15 is 0 Å². The predicted molar refractivity (Wildman–Crippen MR) is 79.6 cm³/mol. The lowest BCUT2D eigenvalue weighted by Crippen LogP contribution is -2.33. The van der Waals surface area contributed by atoms with Gasteiger partial charge in [0.25, 0.3) is 0 Å². The summed E-state index contributed by atoms with van der Waals surface area (Å²) in [4.78, 5) is 19.9. The van der Waals surface area contributed by atoms with E-state index in [1.807, 2.05) is 50.2 Å². The number of hydrogen-bond donors (Lipinski definition) is 1. The van der Waals surface area contributed by atoms with Crippen molar-refractivity contribution in [3.8, 4) is 0 Å². The first-order valence-electron chi connectivity index (χ1n) is 6.37. The molecule has 0 saturated carbocycles. The lowest BCUT2D eigenvalue weighted by Gasteiger charge is -2.17. The molecule has 0 unspecified atom stereocenters. The second-order valence-electron chi connectivity index (χ2n) is 4.93. The van der Waals surface area contributed by atoms with Gasteiger partial charge in [-0.1, -0.05) is 28.9 Å². The van der Waals surface area contributed by atoms with E-state index < -0.39 is 6.09 Å². The highest BCUT2D eigenvalue weighted by atomic mass is 16.7. The fraction of sp³-hybridized carbons (Fsp3) is 0.429. The largest absolute Gasteiger partial charge is 0.435 e. The molecule has 0 aliphatic rings. The van der Waals surface area contributed by atoms with Crippen molar-refractivity contribution in [3.63, 3.8) is 0 Å². The fourth-order valence-electron chi connectivity index (χ4n) is 1.46. The number of likely N-dealkylation sites (N-methyl/N-ethyl adjacent to an activating group) is 2. The van der Waals surface area contributed by atoms with E-state index in [9.17, 15) is 4.79 Å². The SMILES string of the molecule is Cc1cccc(/C(N)=N\OC(=O)N(C)CCN(C)C)c1. The molecule has 110 valence electrons. The Hall–Kier alpha value is -2.08. The quantitative estimate of drug-likeness (QED) is 0.381. The minimum absolute atomic E-state index is 0.183. The van der Waals surface area contributed by atoms with Crippen LogP contribution in [0.5, 0.6) is 0 Å². The number of benzene rings is 1. The highest BCUT2D eigenvalue weighted by Crippen LogP contribution is 2.04. The molecule has 1 amide bonds. The molecule has 2 N–H and O–H groups in total. The van der Waals surface area contributed by atoms with Gasteiger partial charge in [0, 0.05) is 25.7 Å². The van der Waals surface area contributed by atoms with Crippen LogP contribution in [-0.2, 0) is 4.84 Å². The van der Waals surface area contributed by atoms with Gasteiger partial charge in [0.15, 0.2) is 5.84 Å². The molecule has 0 atom stereocenters. The molecule has 0 heterocycles. The van der Waals surface area contributed by atoms with Crippen molar-refractivity contribution in [2.45, 2.75) is 6.92 Å². The lowest BCUT2D eigenvalue weighted by molar-refractivity contribution is 0.112. The zero-order valence-electron chi connectivity index (χ0n) is 12.5. The zero-order valence-corrected chi connectivity index (χ0v) is 12.5. The second-order valence-corrected chi connectivity index (χ2v) is 4.93. The zero-order chi connectivity index (χ0) is 15.1. The number of carbonyl (C=O) groups excluding carboxylic acids is 1. The van der Waals surface area contributed by atoms with E-state index in [1.165, 1.54) is 4.90 Å². The van der Waals surface area contributed by atoms with E-state index in [-0.39, 0.29) is 5.84 Å². The third-order valence-electron chi connectivity index (χ3n) is 2.73. The molecule has 0 radical (unpaired) electrons. The van der Waals surface area contributed by atoms with Gasteiger partial charge in [-0.2, -0.15) is 0 Å². The van der Waals surface area contributed by atoms with Crippen molar-refractivity contribution in [3.05, 3.63) is 35.4 Å². The highest BCUT2D eigenvalue weighted by Gasteiger charge is 2.10. The van der Waals surface area contributed by atoms with Crippen LogP contribution in [0.1, 0.15) is 11.1 Å². The van der Waals surface area contributed by atoms with Crippen molar-refractivity contribution in [2.75, 3.05) is 34.2 Å². The summed E-state index contributed by atoms with van der Waals surface area (Å²) in [5, 5.41) is 3.67. The average Bonchev–Trinajstić information content (AvgIpc) is 2.41. The van der Waals surface area contributed by atoms with Gasteiger partial charge < -0.3 is 15.5 Å². The van der Waals surface area contributed by atoms with Gasteiger partial charge in [-0.05, 0) is 27.1 Å². The number of hydrogen-bond acceptors (Lipinski definition) is 4. The molecular weight excluding hydrogens is 256 g/mol. The van der Waals surface area contributed by atoms with Crippen LogP contribution in [0.4, 0.5) is 4.79 Å². The van der Waals surface area contributed by atoms with E-state index in [0.717, 1.165) is 17.7 Å². The van der Waals surface area contributed by atoms with Crippen molar-refractivity contribution < 1.29 is 9.63 Å². The number of amides is 1. The Morgan fingerprint density at radius 1 is 1.30 bits per heavy atom. The summed E-state index contributed by atoms with van der Waals surface area (Å²) in [7, 11) is 5.53. The molecule has 20 heavy (non-hydrogen) atoms. The molecule has 0 bridgehead atoms. The summed E-state index contributed by atoms with van der Waals surface area (Å²) >= 11 is 0. The van der Waals surface area contributed by atoms with Crippen molar-refractivity contribution >= 4 is 11.9 Å². The van der Waals surface area contributed by atoms with E-state index in [1.54, 1.807) is 7.05 Å². The molecule has 0 saturated heterocycles. The molecule has 0 fully saturated rings. The van der Waals surface area contributed by atoms with Gasteiger partial charge in [0.05, 0.1) is 0 Å². The summed E-state index contributed by atoms with van der Waals surface area (Å²) in [5.41, 5.74) is 7.58. The number of rotatable bonds is 5. The Balaban J connectivity index is 2.56. The molecule has 0 aliphatic heterocycles. The van der Waals surface area contributed by atoms with E-state index in [2.05, 4.69) is 5.16 Å². The second kappa shape index (κ2) is 7.49. The van der Waals surface area contributed by atoms with Crippen molar-refractivity contribution in [1.82, 2.24) is 9.80 Å². The van der Waals surface area contributed by atoms with Crippen molar-refractivity contribution in [1.29, 1.82) is 0 Å². The molecule has 6 heteroatoms. The fourth-order valence-corrected chi connectivity index (χ4v) is 1.46. The van der Waals surface area contributed by atoms with E-state index in [0.29, 0.717) is 6.54 Å². The summed E-state index contributed by atoms with van der Waals surface area (Å²) in [6, 6.07) is 7.52. The van der Waals surface area contributed by atoms with Crippen LogP contribution >= 0.6 is 0 Å². The topological polar surface area (TPSA) is 71.2 Å². The van der Waals surface area contributed by atoms with Gasteiger partial charge in [-0.15, -0.1) is 0 Å². The highest BCUT2D eigenvalue weighted by molar-refractivity contribution is 5.97. The van der Waals surface area contributed by atoms with Gasteiger partial charge in [-0.3, -0.25) is 4.84 Å². The monoisotopic (exact) mass is 278 g/mol. The molecule has 1 aromatic rings. The number of oxime groups is 1. The van der Waals surface area contributed by atoms with Gasteiger partial charge >= 0.3 is 6.09 Å². The summed E-state index contributed by atoms with van der Waals surface area (Å²) in [5.74, 6) is 0.183. The number of amidine groups is 1. The minimum Gasteiger partial charge on any atom is -0.380 e. The van der Waals surface area contributed by atoms with Crippen LogP contribution in [0.15, 0.2) is 29.4 Å². The standard InChI is InChI=1S/C14H22N4O2/c1-11-6-5-7-12(10-11)13(15)16-20-14(19)18(4)9-8-17(2)3/h5-7,10H,8-9H2,1-4H3,(H2,15,16). The van der Waals surface area contributed by atoms with Gasteiger partial charge in [0.2, 0.25) is 0 Å². The van der Waals surface area contributed by atoms with Crippen LogP contribution in [0.2, 0.25) is 0 Å². The summed E-state index contributed by atoms with van der Waals surface area (Å²) in [6.07, 6.45) is -0.526. The molecule has 0 spiro atoms. The van der Waals surface area contributed by atoms with Gasteiger partial charge in [-0.25, -0.2) is 4.79 Å². The Morgan fingerprint density at radius 3 is 2.60 bits per heavy atom. The number of nitrogens with zero attached hydrogens (tertiary/aromatic N) is 3. The number of carbonyl (C=O) groups is 1. The first kappa shape index (κ1) is 16.0. The Labute approximate surface area is 119 Å². The molecular formula is C14H22N4O2. The maximum Gasteiger partial charge on any atom is 0.435 e. The van der Waals surface area contributed by atoms with Crippen LogP contribution in [-0.4, -0.2) is 56.0 Å². The molecule has 1 rings (SSSR count). The van der Waals surface area contributed by atoms with Crippen LogP contribution in [0, 0.1) is 6.92 Å². The summed E-state index contributed by atoms with van der Waals surface area (Å²) in [6.45, 7) is 3.27. The van der Waals surface area contributed by atoms with E-state index in [4.69, 9.17) is 10.6 Å². The maximum absolute atomic E-state index is 11.7. The number of aryl methyl sites for hydroxylation is 1. The van der Waals surface area contributed by atoms with Crippen LogP contribution in [0.25, 0.3) is 0 Å². The molecule has 0 aliphatic carbocycles. The minimum atomic E-state index is -0.526. The smallest absolute Gasteiger partial charge is 0.380 e. The third kappa shape index (κ3) is 5.27.